The molecular weight excluding hydrogens is 272 g/mol. The van der Waals surface area contributed by atoms with Crippen LogP contribution >= 0.6 is 0 Å². The van der Waals surface area contributed by atoms with E-state index in [9.17, 15) is 14.4 Å². The van der Waals surface area contributed by atoms with E-state index < -0.39 is 11.9 Å². The van der Waals surface area contributed by atoms with Crippen molar-refractivity contribution in [2.45, 2.75) is 26.3 Å². The molecule has 112 valence electrons. The van der Waals surface area contributed by atoms with E-state index in [1.54, 1.807) is 24.3 Å². The van der Waals surface area contributed by atoms with Crippen LogP contribution in [0.1, 0.15) is 30.6 Å². The van der Waals surface area contributed by atoms with Gasteiger partial charge in [0.15, 0.2) is 0 Å². The number of aliphatic carboxylic acids is 1. The van der Waals surface area contributed by atoms with Crippen LogP contribution in [0, 0.1) is 5.92 Å². The molecular formula is C15H18N2O4. The Morgan fingerprint density at radius 2 is 2.10 bits per heavy atom. The molecule has 0 spiro atoms. The van der Waals surface area contributed by atoms with E-state index in [2.05, 4.69) is 5.32 Å². The lowest BCUT2D eigenvalue weighted by Gasteiger charge is -2.17. The highest BCUT2D eigenvalue weighted by atomic mass is 16.4. The lowest BCUT2D eigenvalue weighted by molar-refractivity contribution is -0.141. The molecule has 6 nitrogen and oxygen atoms in total. The van der Waals surface area contributed by atoms with Crippen molar-refractivity contribution >= 4 is 23.5 Å². The molecule has 1 atom stereocenters. The lowest BCUT2D eigenvalue weighted by atomic mass is 10.1. The third-order valence-electron chi connectivity index (χ3n) is 3.31. The van der Waals surface area contributed by atoms with Crippen LogP contribution in [0.25, 0.3) is 0 Å². The summed E-state index contributed by atoms with van der Waals surface area (Å²) in [7, 11) is 0. The van der Waals surface area contributed by atoms with E-state index in [0.717, 1.165) is 0 Å². The fourth-order valence-corrected chi connectivity index (χ4v) is 2.28. The van der Waals surface area contributed by atoms with Gasteiger partial charge >= 0.3 is 5.97 Å². The molecule has 2 N–H and O–H groups in total. The summed E-state index contributed by atoms with van der Waals surface area (Å²) >= 11 is 0. The first-order valence-corrected chi connectivity index (χ1v) is 6.82. The third-order valence-corrected chi connectivity index (χ3v) is 3.31. The van der Waals surface area contributed by atoms with Crippen LogP contribution < -0.4 is 10.2 Å². The van der Waals surface area contributed by atoms with Crippen molar-refractivity contribution in [1.29, 1.82) is 0 Å². The molecule has 1 aliphatic rings. The number of nitrogens with one attached hydrogen (secondary N) is 1. The Morgan fingerprint density at radius 1 is 1.38 bits per heavy atom. The minimum Gasteiger partial charge on any atom is -0.481 e. The zero-order chi connectivity index (χ0) is 15.6. The van der Waals surface area contributed by atoms with Crippen LogP contribution in [-0.2, 0) is 9.59 Å². The first kappa shape index (κ1) is 15.0. The number of carbonyl (C=O) groups excluding carboxylic acids is 2. The molecule has 0 aromatic heterocycles. The number of anilines is 1. The van der Waals surface area contributed by atoms with Gasteiger partial charge in [-0.25, -0.2) is 0 Å². The zero-order valence-corrected chi connectivity index (χ0v) is 12.0. The Kier molecular flexibility index (Phi) is 4.26. The standard InChI is InChI=1S/C15H18N2O4/c1-9(2)16-14(19)10-4-3-5-12(6-10)17-8-11(15(20)21)7-13(17)18/h3-6,9,11H,7-8H2,1-2H3,(H,16,19)(H,20,21). The van der Waals surface area contributed by atoms with Crippen LogP contribution in [0.4, 0.5) is 5.69 Å². The third kappa shape index (κ3) is 3.39. The molecule has 1 aromatic carbocycles. The normalized spacial score (nSPS) is 18.1. The van der Waals surface area contributed by atoms with Gasteiger partial charge in [-0.15, -0.1) is 0 Å². The highest BCUT2D eigenvalue weighted by Crippen LogP contribution is 2.26. The summed E-state index contributed by atoms with van der Waals surface area (Å²) in [4.78, 5) is 36.3. The maximum atomic E-state index is 12.0. The number of hydrogen-bond donors (Lipinski definition) is 2. The number of carboxylic acids is 1. The molecule has 0 radical (unpaired) electrons. The smallest absolute Gasteiger partial charge is 0.308 e. The summed E-state index contributed by atoms with van der Waals surface area (Å²) in [5, 5.41) is 11.8. The maximum absolute atomic E-state index is 12.0. The largest absolute Gasteiger partial charge is 0.481 e. The van der Waals surface area contributed by atoms with E-state index in [-0.39, 0.29) is 30.8 Å². The topological polar surface area (TPSA) is 86.7 Å². The van der Waals surface area contributed by atoms with E-state index in [1.165, 1.54) is 4.90 Å². The second-order valence-electron chi connectivity index (χ2n) is 5.42. The molecule has 1 fully saturated rings. The van der Waals surface area contributed by atoms with Crippen molar-refractivity contribution < 1.29 is 19.5 Å². The van der Waals surface area contributed by atoms with Crippen LogP contribution in [0.2, 0.25) is 0 Å². The number of benzene rings is 1. The summed E-state index contributed by atoms with van der Waals surface area (Å²) < 4.78 is 0. The molecule has 1 saturated heterocycles. The van der Waals surface area contributed by atoms with Gasteiger partial charge in [-0.1, -0.05) is 6.07 Å². The van der Waals surface area contributed by atoms with Crippen molar-refractivity contribution in [3.63, 3.8) is 0 Å². The number of rotatable bonds is 4. The predicted molar refractivity (Wildman–Crippen MR) is 77.1 cm³/mol. The monoisotopic (exact) mass is 290 g/mol. The Morgan fingerprint density at radius 3 is 2.67 bits per heavy atom. The Hall–Kier alpha value is -2.37. The highest BCUT2D eigenvalue weighted by molar-refractivity contribution is 6.01. The summed E-state index contributed by atoms with van der Waals surface area (Å²) in [5.74, 6) is -2.11. The van der Waals surface area contributed by atoms with E-state index >= 15 is 0 Å². The van der Waals surface area contributed by atoms with Gasteiger partial charge in [-0.2, -0.15) is 0 Å². The highest BCUT2D eigenvalue weighted by Gasteiger charge is 2.35. The lowest BCUT2D eigenvalue weighted by Crippen LogP contribution is -2.30. The second kappa shape index (κ2) is 5.95. The summed E-state index contributed by atoms with van der Waals surface area (Å²) in [6, 6.07) is 6.68. The molecule has 0 bridgehead atoms. The van der Waals surface area contributed by atoms with Crippen LogP contribution in [0.15, 0.2) is 24.3 Å². The van der Waals surface area contributed by atoms with Crippen molar-refractivity contribution in [1.82, 2.24) is 5.32 Å². The molecule has 1 aliphatic heterocycles. The SMILES string of the molecule is CC(C)NC(=O)c1cccc(N2CC(C(=O)O)CC2=O)c1. The van der Waals surface area contributed by atoms with E-state index in [1.807, 2.05) is 13.8 Å². The van der Waals surface area contributed by atoms with Crippen molar-refractivity contribution in [3.8, 4) is 0 Å². The van der Waals surface area contributed by atoms with Gasteiger partial charge in [0.2, 0.25) is 5.91 Å². The fraction of sp³-hybridized carbons (Fsp3) is 0.400. The molecule has 1 unspecified atom stereocenters. The van der Waals surface area contributed by atoms with Gasteiger partial charge < -0.3 is 15.3 Å². The Bertz CT molecular complexity index is 583. The minimum absolute atomic E-state index is 0.00223. The van der Waals surface area contributed by atoms with Crippen molar-refractivity contribution in [2.75, 3.05) is 11.4 Å². The number of carboxylic acid groups (broad SMARTS) is 1. The van der Waals surface area contributed by atoms with Gasteiger partial charge in [-0.3, -0.25) is 14.4 Å². The fourth-order valence-electron chi connectivity index (χ4n) is 2.28. The maximum Gasteiger partial charge on any atom is 0.308 e. The van der Waals surface area contributed by atoms with Gasteiger partial charge in [0, 0.05) is 30.3 Å². The van der Waals surface area contributed by atoms with E-state index in [4.69, 9.17) is 5.11 Å². The molecule has 2 amide bonds. The van der Waals surface area contributed by atoms with E-state index in [0.29, 0.717) is 11.3 Å². The zero-order valence-electron chi connectivity index (χ0n) is 12.0. The van der Waals surface area contributed by atoms with Crippen LogP contribution in [-0.4, -0.2) is 35.5 Å². The summed E-state index contributed by atoms with van der Waals surface area (Å²) in [5.41, 5.74) is 1.01. The predicted octanol–water partition coefficient (Wildman–Crippen LogP) is 1.26. The Labute approximate surface area is 122 Å². The summed E-state index contributed by atoms with van der Waals surface area (Å²) in [6.07, 6.45) is -0.00223. The molecule has 1 aromatic rings. The van der Waals surface area contributed by atoms with Gasteiger partial charge in [-0.05, 0) is 32.0 Å². The van der Waals surface area contributed by atoms with Gasteiger partial charge in [0.05, 0.1) is 5.92 Å². The minimum atomic E-state index is -0.973. The molecule has 2 rings (SSSR count). The number of nitrogens with zero attached hydrogens (tertiary/aromatic N) is 1. The first-order valence-electron chi connectivity index (χ1n) is 6.82. The Balaban J connectivity index is 2.20. The molecule has 0 aliphatic carbocycles. The average molecular weight is 290 g/mol. The number of carbonyl (C=O) groups is 3. The number of amides is 2. The first-order chi connectivity index (χ1) is 9.88. The van der Waals surface area contributed by atoms with Crippen LogP contribution in [0.3, 0.4) is 0 Å². The quantitative estimate of drug-likeness (QED) is 0.874. The summed E-state index contributed by atoms with van der Waals surface area (Å²) in [6.45, 7) is 3.87. The number of hydrogen-bond acceptors (Lipinski definition) is 3. The van der Waals surface area contributed by atoms with Crippen molar-refractivity contribution in [3.05, 3.63) is 29.8 Å². The molecule has 6 heteroatoms. The molecule has 21 heavy (non-hydrogen) atoms. The average Bonchev–Trinajstić information content (AvgIpc) is 2.80. The van der Waals surface area contributed by atoms with Gasteiger partial charge in [0.1, 0.15) is 0 Å². The van der Waals surface area contributed by atoms with Gasteiger partial charge in [0.25, 0.3) is 5.91 Å². The second-order valence-corrected chi connectivity index (χ2v) is 5.42. The molecule has 1 heterocycles. The van der Waals surface area contributed by atoms with Crippen molar-refractivity contribution in [2.24, 2.45) is 5.92 Å². The van der Waals surface area contributed by atoms with Crippen LogP contribution in [0.5, 0.6) is 0 Å². The molecule has 0 saturated carbocycles.